The number of aromatic amines is 1. The molecule has 1 aromatic rings. The van der Waals surface area contributed by atoms with Gasteiger partial charge in [0, 0.05) is 12.5 Å². The highest BCUT2D eigenvalue weighted by Crippen LogP contribution is 2.37. The van der Waals surface area contributed by atoms with Gasteiger partial charge in [0.2, 0.25) is 5.82 Å². The zero-order valence-corrected chi connectivity index (χ0v) is 11.5. The molecule has 0 spiro atoms. The number of carbonyl (C=O) groups excluding carboxylic acids is 2. The average molecular weight is 278 g/mol. The van der Waals surface area contributed by atoms with Gasteiger partial charge in [-0.1, -0.05) is 0 Å². The van der Waals surface area contributed by atoms with Gasteiger partial charge in [0.05, 0.1) is 6.61 Å². The van der Waals surface area contributed by atoms with Crippen molar-refractivity contribution >= 4 is 11.9 Å². The number of rotatable bonds is 4. The molecule has 2 heterocycles. The van der Waals surface area contributed by atoms with Gasteiger partial charge in [-0.3, -0.25) is 9.89 Å². The standard InChI is InChI=1S/C13H18N4O3/c1-2-20-13(19)9-4-3-7-17(9)12(18)11-14-10(15-16-11)8-5-6-8/h8-9H,2-7H2,1H3,(H,14,15,16). The molecule has 0 aromatic carbocycles. The van der Waals surface area contributed by atoms with E-state index in [4.69, 9.17) is 4.74 Å². The third kappa shape index (κ3) is 2.39. The zero-order chi connectivity index (χ0) is 14.1. The Morgan fingerprint density at radius 1 is 1.40 bits per heavy atom. The molecule has 1 aliphatic carbocycles. The summed E-state index contributed by atoms with van der Waals surface area (Å²) in [6.07, 6.45) is 3.63. The van der Waals surface area contributed by atoms with Gasteiger partial charge in [-0.2, -0.15) is 0 Å². The van der Waals surface area contributed by atoms with E-state index in [0.29, 0.717) is 25.5 Å². The second-order valence-corrected chi connectivity index (χ2v) is 5.23. The van der Waals surface area contributed by atoms with Crippen LogP contribution < -0.4 is 0 Å². The van der Waals surface area contributed by atoms with Gasteiger partial charge in [-0.05, 0) is 32.6 Å². The average Bonchev–Trinajstić information content (AvgIpc) is 3.00. The molecule has 1 unspecified atom stereocenters. The minimum atomic E-state index is -0.495. The Balaban J connectivity index is 1.72. The molecule has 1 aliphatic heterocycles. The van der Waals surface area contributed by atoms with Crippen LogP contribution in [0.25, 0.3) is 0 Å². The predicted molar refractivity (Wildman–Crippen MR) is 69.0 cm³/mol. The Morgan fingerprint density at radius 2 is 2.20 bits per heavy atom. The van der Waals surface area contributed by atoms with Gasteiger partial charge in [0.1, 0.15) is 11.9 Å². The first kappa shape index (κ1) is 13.1. The van der Waals surface area contributed by atoms with E-state index in [1.54, 1.807) is 6.92 Å². The second kappa shape index (κ2) is 5.22. The van der Waals surface area contributed by atoms with Crippen molar-refractivity contribution in [3.05, 3.63) is 11.6 Å². The molecule has 20 heavy (non-hydrogen) atoms. The van der Waals surface area contributed by atoms with Crippen LogP contribution in [0.2, 0.25) is 0 Å². The van der Waals surface area contributed by atoms with Gasteiger partial charge in [-0.15, -0.1) is 5.10 Å². The van der Waals surface area contributed by atoms with Gasteiger partial charge < -0.3 is 9.64 Å². The number of carbonyl (C=O) groups is 2. The van der Waals surface area contributed by atoms with Crippen molar-refractivity contribution < 1.29 is 14.3 Å². The lowest BCUT2D eigenvalue weighted by Gasteiger charge is -2.21. The minimum absolute atomic E-state index is 0.156. The molecule has 1 atom stereocenters. The number of H-pyrrole nitrogens is 1. The van der Waals surface area contributed by atoms with Crippen molar-refractivity contribution in [2.24, 2.45) is 0 Å². The summed E-state index contributed by atoms with van der Waals surface area (Å²) in [4.78, 5) is 30.0. The number of hydrogen-bond acceptors (Lipinski definition) is 5. The van der Waals surface area contributed by atoms with Crippen LogP contribution in [0.1, 0.15) is 55.0 Å². The predicted octanol–water partition coefficient (Wildman–Crippen LogP) is 0.850. The first-order chi connectivity index (χ1) is 9.70. The molecule has 0 radical (unpaired) electrons. The van der Waals surface area contributed by atoms with Crippen LogP contribution in [0.3, 0.4) is 0 Å². The van der Waals surface area contributed by atoms with Gasteiger partial charge >= 0.3 is 5.97 Å². The van der Waals surface area contributed by atoms with Crippen molar-refractivity contribution in [3.63, 3.8) is 0 Å². The van der Waals surface area contributed by atoms with E-state index >= 15 is 0 Å². The Hall–Kier alpha value is -1.92. The maximum absolute atomic E-state index is 12.4. The molecule has 1 aromatic heterocycles. The van der Waals surface area contributed by atoms with Gasteiger partial charge in [-0.25, -0.2) is 9.78 Å². The summed E-state index contributed by atoms with van der Waals surface area (Å²) in [6.45, 7) is 2.63. The summed E-state index contributed by atoms with van der Waals surface area (Å²) in [5, 5.41) is 6.80. The fraction of sp³-hybridized carbons (Fsp3) is 0.692. The number of likely N-dealkylation sites (tertiary alicyclic amines) is 1. The first-order valence-corrected chi connectivity index (χ1v) is 7.10. The van der Waals surface area contributed by atoms with E-state index in [1.165, 1.54) is 4.90 Å². The molecule has 1 N–H and O–H groups in total. The molecule has 2 aliphatic rings. The largest absolute Gasteiger partial charge is 0.464 e. The van der Waals surface area contributed by atoms with Crippen molar-refractivity contribution in [3.8, 4) is 0 Å². The van der Waals surface area contributed by atoms with Crippen LogP contribution in [-0.4, -0.2) is 51.2 Å². The van der Waals surface area contributed by atoms with Crippen molar-refractivity contribution in [1.82, 2.24) is 20.1 Å². The van der Waals surface area contributed by atoms with Crippen LogP contribution in [0.4, 0.5) is 0 Å². The minimum Gasteiger partial charge on any atom is -0.464 e. The summed E-state index contributed by atoms with van der Waals surface area (Å²) in [6, 6.07) is -0.495. The number of aromatic nitrogens is 3. The van der Waals surface area contributed by atoms with Crippen LogP contribution in [0.15, 0.2) is 0 Å². The Bertz CT molecular complexity index is 523. The summed E-state index contributed by atoms with van der Waals surface area (Å²) in [5.41, 5.74) is 0. The fourth-order valence-electron chi connectivity index (χ4n) is 2.53. The molecule has 3 rings (SSSR count). The van der Waals surface area contributed by atoms with E-state index in [-0.39, 0.29) is 17.7 Å². The third-order valence-corrected chi connectivity index (χ3v) is 3.73. The quantitative estimate of drug-likeness (QED) is 0.825. The lowest BCUT2D eigenvalue weighted by atomic mass is 10.2. The maximum atomic E-state index is 12.4. The Morgan fingerprint density at radius 3 is 2.90 bits per heavy atom. The van der Waals surface area contributed by atoms with E-state index in [2.05, 4.69) is 15.2 Å². The highest BCUT2D eigenvalue weighted by molar-refractivity contribution is 5.94. The van der Waals surface area contributed by atoms with Crippen LogP contribution in [0, 0.1) is 0 Å². The normalized spacial score (nSPS) is 22.1. The van der Waals surface area contributed by atoms with E-state index in [9.17, 15) is 9.59 Å². The molecule has 1 saturated heterocycles. The molecule has 1 saturated carbocycles. The number of ether oxygens (including phenoxy) is 1. The van der Waals surface area contributed by atoms with Crippen molar-refractivity contribution in [1.29, 1.82) is 0 Å². The molecule has 108 valence electrons. The SMILES string of the molecule is CCOC(=O)C1CCCN1C(=O)c1n[nH]c(C2CC2)n1. The second-order valence-electron chi connectivity index (χ2n) is 5.23. The van der Waals surface area contributed by atoms with Crippen molar-refractivity contribution in [2.45, 2.75) is 44.6 Å². The summed E-state index contributed by atoms with van der Waals surface area (Å²) in [5.74, 6) is 0.729. The molecular weight excluding hydrogens is 260 g/mol. The van der Waals surface area contributed by atoms with Crippen LogP contribution in [0.5, 0.6) is 0 Å². The monoisotopic (exact) mass is 278 g/mol. The first-order valence-electron chi connectivity index (χ1n) is 7.10. The third-order valence-electron chi connectivity index (χ3n) is 3.73. The fourth-order valence-corrected chi connectivity index (χ4v) is 2.53. The van der Waals surface area contributed by atoms with Gasteiger partial charge in [0.25, 0.3) is 5.91 Å². The van der Waals surface area contributed by atoms with E-state index < -0.39 is 6.04 Å². The summed E-state index contributed by atoms with van der Waals surface area (Å²) >= 11 is 0. The van der Waals surface area contributed by atoms with Crippen LogP contribution in [-0.2, 0) is 9.53 Å². The summed E-state index contributed by atoms with van der Waals surface area (Å²) < 4.78 is 5.01. The Labute approximate surface area is 116 Å². The van der Waals surface area contributed by atoms with E-state index in [1.807, 2.05) is 0 Å². The molecule has 7 heteroatoms. The van der Waals surface area contributed by atoms with E-state index in [0.717, 1.165) is 25.1 Å². The highest BCUT2D eigenvalue weighted by Gasteiger charge is 2.37. The molecule has 0 bridgehead atoms. The smallest absolute Gasteiger partial charge is 0.328 e. The number of esters is 1. The topological polar surface area (TPSA) is 88.2 Å². The van der Waals surface area contributed by atoms with Gasteiger partial charge in [0.15, 0.2) is 0 Å². The maximum Gasteiger partial charge on any atom is 0.328 e. The highest BCUT2D eigenvalue weighted by atomic mass is 16.5. The Kier molecular flexibility index (Phi) is 3.42. The molecule has 2 fully saturated rings. The lowest BCUT2D eigenvalue weighted by molar-refractivity contribution is -0.147. The number of nitrogens with one attached hydrogen (secondary N) is 1. The molecule has 7 nitrogen and oxygen atoms in total. The number of nitrogens with zero attached hydrogens (tertiary/aromatic N) is 3. The zero-order valence-electron chi connectivity index (χ0n) is 11.5. The number of amides is 1. The summed E-state index contributed by atoms with van der Waals surface area (Å²) in [7, 11) is 0. The van der Waals surface area contributed by atoms with Crippen LogP contribution >= 0.6 is 0 Å². The number of hydrogen-bond donors (Lipinski definition) is 1. The van der Waals surface area contributed by atoms with Crippen molar-refractivity contribution in [2.75, 3.05) is 13.2 Å². The lowest BCUT2D eigenvalue weighted by Crippen LogP contribution is -2.41. The molecular formula is C13H18N4O3. The molecule has 1 amide bonds.